The highest BCUT2D eigenvalue weighted by molar-refractivity contribution is 7.11. The van der Waals surface area contributed by atoms with Crippen LogP contribution in [0.15, 0.2) is 36.4 Å². The Kier molecular flexibility index (Phi) is 6.27. The van der Waals surface area contributed by atoms with Crippen LogP contribution < -0.4 is 5.32 Å². The number of hydrogen-bond acceptors (Lipinski definition) is 4. The van der Waals surface area contributed by atoms with Gasteiger partial charge >= 0.3 is 6.03 Å². The number of imide groups is 1. The third kappa shape index (κ3) is 4.45. The maximum absolute atomic E-state index is 13.9. The topological polar surface area (TPSA) is 52.7 Å². The molecule has 1 aromatic heterocycles. The Bertz CT molecular complexity index is 1010. The molecule has 5 nitrogen and oxygen atoms in total. The van der Waals surface area contributed by atoms with Gasteiger partial charge in [0.15, 0.2) is 0 Å². The van der Waals surface area contributed by atoms with Gasteiger partial charge in [-0.3, -0.25) is 14.6 Å². The fourth-order valence-electron chi connectivity index (χ4n) is 5.95. The Labute approximate surface area is 199 Å². The van der Waals surface area contributed by atoms with Crippen LogP contribution in [0.2, 0.25) is 0 Å². The summed E-state index contributed by atoms with van der Waals surface area (Å²) in [4.78, 5) is 33.7. The van der Waals surface area contributed by atoms with Crippen molar-refractivity contribution in [3.8, 4) is 0 Å². The summed E-state index contributed by atoms with van der Waals surface area (Å²) in [7, 11) is 0. The number of aryl methyl sites for hydroxylation is 1. The average molecular weight is 470 g/mol. The minimum Gasteiger partial charge on any atom is -0.322 e. The molecule has 1 aliphatic carbocycles. The minimum absolute atomic E-state index is 0.00903. The number of rotatable bonds is 6. The highest BCUT2D eigenvalue weighted by Gasteiger charge is 2.57. The zero-order valence-corrected chi connectivity index (χ0v) is 20.0. The maximum atomic E-state index is 13.9. The smallest absolute Gasteiger partial charge is 0.322 e. The monoisotopic (exact) mass is 469 g/mol. The predicted molar refractivity (Wildman–Crippen MR) is 128 cm³/mol. The second kappa shape index (κ2) is 9.18. The van der Waals surface area contributed by atoms with Crippen LogP contribution in [0.4, 0.5) is 9.18 Å². The molecule has 3 fully saturated rings. The molecule has 0 spiro atoms. The summed E-state index contributed by atoms with van der Waals surface area (Å²) < 4.78 is 13.5. The number of carbonyl (C=O) groups excluding carboxylic acids is 2. The number of halogens is 1. The first-order chi connectivity index (χ1) is 15.9. The molecule has 1 unspecified atom stereocenters. The van der Waals surface area contributed by atoms with Crippen LogP contribution in [0.1, 0.15) is 53.8 Å². The number of carbonyl (C=O) groups is 2. The van der Waals surface area contributed by atoms with E-state index >= 15 is 0 Å². The van der Waals surface area contributed by atoms with Gasteiger partial charge in [-0.15, -0.1) is 11.3 Å². The Morgan fingerprint density at radius 2 is 1.73 bits per heavy atom. The standard InChI is InChI=1S/C26H32FN3O2S/c1-18-6-11-23(33-18)17-29-14-12-20(13-15-29)26(16-19-7-9-21(27)10-8-19)24(31)30(25(32)28-26)22-4-2-3-5-22/h6-11,20,22H,2-5,12-17H2,1H3,(H,28,32). The van der Waals surface area contributed by atoms with E-state index in [-0.39, 0.29) is 29.7 Å². The van der Waals surface area contributed by atoms with Crippen LogP contribution in [0.25, 0.3) is 0 Å². The molecule has 33 heavy (non-hydrogen) atoms. The zero-order chi connectivity index (χ0) is 23.0. The van der Waals surface area contributed by atoms with Gasteiger partial charge in [0, 0.05) is 28.8 Å². The number of amides is 3. The van der Waals surface area contributed by atoms with Crippen molar-refractivity contribution >= 4 is 23.3 Å². The Balaban J connectivity index is 1.37. The molecule has 5 rings (SSSR count). The maximum Gasteiger partial charge on any atom is 0.325 e. The van der Waals surface area contributed by atoms with Gasteiger partial charge in [-0.2, -0.15) is 0 Å². The van der Waals surface area contributed by atoms with Gasteiger partial charge in [0.05, 0.1) is 0 Å². The third-order valence-electron chi connectivity index (χ3n) is 7.70. The summed E-state index contributed by atoms with van der Waals surface area (Å²) in [5.74, 6) is -0.304. The molecule has 1 atom stereocenters. The number of likely N-dealkylation sites (tertiary alicyclic amines) is 1. The fraction of sp³-hybridized carbons (Fsp3) is 0.538. The van der Waals surface area contributed by atoms with E-state index < -0.39 is 5.54 Å². The molecule has 0 radical (unpaired) electrons. The Hall–Kier alpha value is -2.25. The summed E-state index contributed by atoms with van der Waals surface area (Å²) in [5.41, 5.74) is -0.0573. The minimum atomic E-state index is -0.941. The molecule has 1 N–H and O–H groups in total. The molecule has 2 aliphatic heterocycles. The molecular weight excluding hydrogens is 437 g/mol. The lowest BCUT2D eigenvalue weighted by atomic mass is 9.73. The number of nitrogens with zero attached hydrogens (tertiary/aromatic N) is 2. The fourth-order valence-corrected chi connectivity index (χ4v) is 6.88. The first-order valence-electron chi connectivity index (χ1n) is 12.1. The van der Waals surface area contributed by atoms with E-state index in [1.54, 1.807) is 12.1 Å². The number of urea groups is 1. The van der Waals surface area contributed by atoms with Crippen LogP contribution in [-0.4, -0.2) is 46.4 Å². The summed E-state index contributed by atoms with van der Waals surface area (Å²) in [6.45, 7) is 4.87. The number of benzene rings is 1. The van der Waals surface area contributed by atoms with Crippen LogP contribution in [0.5, 0.6) is 0 Å². The SMILES string of the molecule is Cc1ccc(CN2CCC(C3(Cc4ccc(F)cc4)NC(=O)N(C4CCCC4)C3=O)CC2)s1. The van der Waals surface area contributed by atoms with Crippen LogP contribution in [0.3, 0.4) is 0 Å². The second-order valence-electron chi connectivity index (χ2n) is 9.88. The van der Waals surface area contributed by atoms with Gasteiger partial charge in [0.1, 0.15) is 11.4 Å². The molecule has 176 valence electrons. The highest BCUT2D eigenvalue weighted by atomic mass is 32.1. The largest absolute Gasteiger partial charge is 0.325 e. The molecule has 1 aromatic carbocycles. The van der Waals surface area contributed by atoms with E-state index in [0.29, 0.717) is 6.42 Å². The van der Waals surface area contributed by atoms with Gasteiger partial charge in [0.25, 0.3) is 5.91 Å². The van der Waals surface area contributed by atoms with Crippen molar-refractivity contribution in [1.82, 2.24) is 15.1 Å². The molecule has 1 saturated carbocycles. The summed E-state index contributed by atoms with van der Waals surface area (Å²) >= 11 is 1.83. The van der Waals surface area contributed by atoms with Crippen molar-refractivity contribution in [1.29, 1.82) is 0 Å². The van der Waals surface area contributed by atoms with Crippen molar-refractivity contribution in [2.75, 3.05) is 13.1 Å². The van der Waals surface area contributed by atoms with E-state index in [9.17, 15) is 14.0 Å². The molecule has 2 saturated heterocycles. The van der Waals surface area contributed by atoms with Crippen molar-refractivity contribution in [3.05, 3.63) is 57.5 Å². The lowest BCUT2D eigenvalue weighted by Crippen LogP contribution is -2.57. The first-order valence-corrected chi connectivity index (χ1v) is 12.9. The van der Waals surface area contributed by atoms with Gasteiger partial charge < -0.3 is 5.32 Å². The van der Waals surface area contributed by atoms with E-state index in [2.05, 4.69) is 29.3 Å². The molecule has 3 amide bonds. The van der Waals surface area contributed by atoms with Gasteiger partial charge in [-0.05, 0) is 81.4 Å². The number of piperidine rings is 1. The van der Waals surface area contributed by atoms with E-state index in [1.165, 1.54) is 26.8 Å². The van der Waals surface area contributed by atoms with Crippen molar-refractivity contribution < 1.29 is 14.0 Å². The second-order valence-corrected chi connectivity index (χ2v) is 11.3. The number of hydrogen-bond donors (Lipinski definition) is 1. The Morgan fingerprint density at radius 1 is 1.03 bits per heavy atom. The average Bonchev–Trinajstić information content (AvgIpc) is 3.52. The quantitative estimate of drug-likeness (QED) is 0.614. The Morgan fingerprint density at radius 3 is 2.36 bits per heavy atom. The van der Waals surface area contributed by atoms with Gasteiger partial charge in [-0.25, -0.2) is 9.18 Å². The number of thiophene rings is 1. The van der Waals surface area contributed by atoms with E-state index in [1.807, 2.05) is 11.3 Å². The summed E-state index contributed by atoms with van der Waals surface area (Å²) in [5, 5.41) is 3.17. The van der Waals surface area contributed by atoms with Crippen LogP contribution in [-0.2, 0) is 17.8 Å². The van der Waals surface area contributed by atoms with Crippen molar-refractivity contribution in [3.63, 3.8) is 0 Å². The molecule has 3 aliphatic rings. The molecule has 0 bridgehead atoms. The van der Waals surface area contributed by atoms with Crippen molar-refractivity contribution in [2.45, 2.75) is 70.0 Å². The third-order valence-corrected chi connectivity index (χ3v) is 8.68. The van der Waals surface area contributed by atoms with E-state index in [4.69, 9.17) is 0 Å². The van der Waals surface area contributed by atoms with Gasteiger partial charge in [0.2, 0.25) is 0 Å². The van der Waals surface area contributed by atoms with E-state index in [0.717, 1.165) is 63.7 Å². The van der Waals surface area contributed by atoms with Crippen LogP contribution in [0, 0.1) is 18.7 Å². The molecule has 7 heteroatoms. The predicted octanol–water partition coefficient (Wildman–Crippen LogP) is 4.88. The van der Waals surface area contributed by atoms with Gasteiger partial charge in [-0.1, -0.05) is 25.0 Å². The lowest BCUT2D eigenvalue weighted by molar-refractivity contribution is -0.135. The molecule has 2 aromatic rings. The zero-order valence-electron chi connectivity index (χ0n) is 19.2. The normalized spacial score (nSPS) is 25.2. The number of nitrogens with one attached hydrogen (secondary N) is 1. The lowest BCUT2D eigenvalue weighted by Gasteiger charge is -2.41. The van der Waals surface area contributed by atoms with Crippen molar-refractivity contribution in [2.24, 2.45) is 5.92 Å². The summed E-state index contributed by atoms with van der Waals surface area (Å²) in [6.07, 6.45) is 6.04. The highest BCUT2D eigenvalue weighted by Crippen LogP contribution is 2.39. The molecule has 3 heterocycles. The molecular formula is C26H32FN3O2S. The summed E-state index contributed by atoms with van der Waals surface area (Å²) in [6, 6.07) is 10.5. The first kappa shape index (κ1) is 22.5. The van der Waals surface area contributed by atoms with Crippen LogP contribution >= 0.6 is 11.3 Å².